The van der Waals surface area contributed by atoms with Crippen LogP contribution in [0.1, 0.15) is 15.9 Å². The van der Waals surface area contributed by atoms with Crippen molar-refractivity contribution in [3.05, 3.63) is 60.0 Å². The lowest BCUT2D eigenvalue weighted by molar-refractivity contribution is 0.0952. The van der Waals surface area contributed by atoms with E-state index in [2.05, 4.69) is 15.3 Å². The van der Waals surface area contributed by atoms with Crippen molar-refractivity contribution >= 4 is 22.5 Å². The first-order chi connectivity index (χ1) is 9.74. The third-order valence-electron chi connectivity index (χ3n) is 3.13. The normalized spacial score (nSPS) is 10.6. The molecule has 100 valence electrons. The Bertz CT molecular complexity index is 749. The molecule has 0 fully saturated rings. The van der Waals surface area contributed by atoms with Gasteiger partial charge in [-0.25, -0.2) is 0 Å². The van der Waals surface area contributed by atoms with Crippen molar-refractivity contribution in [2.75, 3.05) is 5.73 Å². The van der Waals surface area contributed by atoms with Crippen LogP contribution in [0.2, 0.25) is 0 Å². The second-order valence-corrected chi connectivity index (χ2v) is 4.55. The van der Waals surface area contributed by atoms with Gasteiger partial charge in [-0.1, -0.05) is 6.07 Å². The quantitative estimate of drug-likeness (QED) is 0.634. The average Bonchev–Trinajstić information content (AvgIpc) is 2.89. The van der Waals surface area contributed by atoms with E-state index in [1.165, 1.54) is 0 Å². The lowest BCUT2D eigenvalue weighted by Gasteiger charge is -2.04. The van der Waals surface area contributed by atoms with Gasteiger partial charge < -0.3 is 16.0 Å². The number of rotatable bonds is 3. The fourth-order valence-corrected chi connectivity index (χ4v) is 2.11. The van der Waals surface area contributed by atoms with Gasteiger partial charge >= 0.3 is 0 Å². The number of anilines is 1. The summed E-state index contributed by atoms with van der Waals surface area (Å²) in [6.45, 7) is 0.446. The van der Waals surface area contributed by atoms with Gasteiger partial charge in [0.1, 0.15) is 0 Å². The fourth-order valence-electron chi connectivity index (χ4n) is 2.11. The number of carbonyl (C=O) groups is 1. The van der Waals surface area contributed by atoms with E-state index >= 15 is 0 Å². The standard InChI is InChI=1S/C15H14N4O/c16-11-3-4-14-12(6-11)13(9-18-14)15(20)19-8-10-2-1-5-17-7-10/h1-7,9,18H,8,16H2,(H,19,20). The number of pyridine rings is 1. The summed E-state index contributed by atoms with van der Waals surface area (Å²) in [7, 11) is 0. The van der Waals surface area contributed by atoms with Gasteiger partial charge in [0.05, 0.1) is 5.56 Å². The summed E-state index contributed by atoms with van der Waals surface area (Å²) in [5.41, 5.74) is 8.85. The molecule has 4 N–H and O–H groups in total. The first-order valence-corrected chi connectivity index (χ1v) is 6.28. The van der Waals surface area contributed by atoms with Crippen LogP contribution in [0.15, 0.2) is 48.9 Å². The number of fused-ring (bicyclic) bond motifs is 1. The number of carbonyl (C=O) groups excluding carboxylic acids is 1. The Labute approximate surface area is 115 Å². The van der Waals surface area contributed by atoms with Crippen LogP contribution in [0.4, 0.5) is 5.69 Å². The van der Waals surface area contributed by atoms with E-state index < -0.39 is 0 Å². The van der Waals surface area contributed by atoms with E-state index in [1.807, 2.05) is 18.2 Å². The molecule has 1 amide bonds. The first-order valence-electron chi connectivity index (χ1n) is 6.28. The Hall–Kier alpha value is -2.82. The summed E-state index contributed by atoms with van der Waals surface area (Å²) >= 11 is 0. The summed E-state index contributed by atoms with van der Waals surface area (Å²) in [4.78, 5) is 19.3. The zero-order valence-corrected chi connectivity index (χ0v) is 10.8. The van der Waals surface area contributed by atoms with Crippen LogP contribution < -0.4 is 11.1 Å². The summed E-state index contributed by atoms with van der Waals surface area (Å²) in [6, 6.07) is 9.22. The number of benzene rings is 1. The van der Waals surface area contributed by atoms with Crippen molar-refractivity contribution in [1.29, 1.82) is 0 Å². The van der Waals surface area contributed by atoms with Crippen LogP contribution >= 0.6 is 0 Å². The van der Waals surface area contributed by atoms with E-state index in [0.717, 1.165) is 16.5 Å². The molecule has 3 aromatic rings. The van der Waals surface area contributed by atoms with Gasteiger partial charge in [0.15, 0.2) is 0 Å². The van der Waals surface area contributed by atoms with Crippen LogP contribution in [0.5, 0.6) is 0 Å². The summed E-state index contributed by atoms with van der Waals surface area (Å²) in [6.07, 6.45) is 5.13. The Kier molecular flexibility index (Phi) is 3.09. The molecule has 1 aromatic carbocycles. The van der Waals surface area contributed by atoms with E-state index in [9.17, 15) is 4.79 Å². The van der Waals surface area contributed by atoms with Crippen LogP contribution in [0.25, 0.3) is 10.9 Å². The molecular formula is C15H14N4O. The topological polar surface area (TPSA) is 83.8 Å². The molecule has 0 saturated heterocycles. The number of H-pyrrole nitrogens is 1. The molecule has 5 nitrogen and oxygen atoms in total. The lowest BCUT2D eigenvalue weighted by Crippen LogP contribution is -2.22. The Morgan fingerprint density at radius 1 is 1.35 bits per heavy atom. The van der Waals surface area contributed by atoms with Gasteiger partial charge in [0, 0.05) is 41.7 Å². The minimum Gasteiger partial charge on any atom is -0.399 e. The third kappa shape index (κ3) is 2.33. The lowest BCUT2D eigenvalue weighted by atomic mass is 10.1. The van der Waals surface area contributed by atoms with Crippen LogP contribution in [0.3, 0.4) is 0 Å². The van der Waals surface area contributed by atoms with Crippen molar-refractivity contribution < 1.29 is 4.79 Å². The Morgan fingerprint density at radius 3 is 3.05 bits per heavy atom. The number of nitrogen functional groups attached to an aromatic ring is 1. The highest BCUT2D eigenvalue weighted by molar-refractivity contribution is 6.07. The van der Waals surface area contributed by atoms with Gasteiger partial charge in [-0.15, -0.1) is 0 Å². The number of amides is 1. The van der Waals surface area contributed by atoms with E-state index in [1.54, 1.807) is 30.7 Å². The largest absolute Gasteiger partial charge is 0.399 e. The molecule has 0 spiro atoms. The first kappa shape index (κ1) is 12.2. The SMILES string of the molecule is Nc1ccc2[nH]cc(C(=O)NCc3cccnc3)c2c1. The van der Waals surface area contributed by atoms with Crippen molar-refractivity contribution in [2.24, 2.45) is 0 Å². The maximum absolute atomic E-state index is 12.2. The third-order valence-corrected chi connectivity index (χ3v) is 3.13. The number of nitrogens with one attached hydrogen (secondary N) is 2. The van der Waals surface area contributed by atoms with Gasteiger partial charge in [0.25, 0.3) is 5.91 Å². The number of nitrogens with zero attached hydrogens (tertiary/aromatic N) is 1. The average molecular weight is 266 g/mol. The van der Waals surface area contributed by atoms with E-state index in [0.29, 0.717) is 17.8 Å². The van der Waals surface area contributed by atoms with Crippen molar-refractivity contribution in [2.45, 2.75) is 6.54 Å². The second kappa shape index (κ2) is 5.05. The van der Waals surface area contributed by atoms with Crippen LogP contribution in [-0.2, 0) is 6.54 Å². The smallest absolute Gasteiger partial charge is 0.253 e. The minimum absolute atomic E-state index is 0.134. The highest BCUT2D eigenvalue weighted by atomic mass is 16.1. The molecule has 0 atom stereocenters. The van der Waals surface area contributed by atoms with Gasteiger partial charge in [-0.3, -0.25) is 9.78 Å². The maximum Gasteiger partial charge on any atom is 0.253 e. The number of hydrogen-bond donors (Lipinski definition) is 3. The van der Waals surface area contributed by atoms with Crippen LogP contribution in [0, 0.1) is 0 Å². The highest BCUT2D eigenvalue weighted by Gasteiger charge is 2.11. The molecule has 20 heavy (non-hydrogen) atoms. The molecule has 0 aliphatic heterocycles. The minimum atomic E-state index is -0.134. The second-order valence-electron chi connectivity index (χ2n) is 4.55. The zero-order chi connectivity index (χ0) is 13.9. The molecule has 2 aromatic heterocycles. The maximum atomic E-state index is 12.2. The molecule has 0 radical (unpaired) electrons. The van der Waals surface area contributed by atoms with E-state index in [-0.39, 0.29) is 5.91 Å². The highest BCUT2D eigenvalue weighted by Crippen LogP contribution is 2.20. The molecule has 5 heteroatoms. The Balaban J connectivity index is 1.80. The summed E-state index contributed by atoms with van der Waals surface area (Å²) in [5, 5.41) is 3.70. The molecule has 0 aliphatic carbocycles. The molecule has 0 saturated carbocycles. The van der Waals surface area contributed by atoms with E-state index in [4.69, 9.17) is 5.73 Å². The molecule has 0 aliphatic rings. The summed E-state index contributed by atoms with van der Waals surface area (Å²) < 4.78 is 0. The van der Waals surface area contributed by atoms with Crippen molar-refractivity contribution in [3.63, 3.8) is 0 Å². The number of hydrogen-bond acceptors (Lipinski definition) is 3. The predicted octanol–water partition coefficient (Wildman–Crippen LogP) is 2.08. The van der Waals surface area contributed by atoms with Gasteiger partial charge in [-0.05, 0) is 29.8 Å². The zero-order valence-electron chi connectivity index (χ0n) is 10.8. The molecule has 0 unspecified atom stereocenters. The van der Waals surface area contributed by atoms with Crippen molar-refractivity contribution in [1.82, 2.24) is 15.3 Å². The summed E-state index contributed by atoms with van der Waals surface area (Å²) in [5.74, 6) is -0.134. The number of aromatic nitrogens is 2. The Morgan fingerprint density at radius 2 is 2.25 bits per heavy atom. The molecule has 2 heterocycles. The number of aromatic amines is 1. The molecular weight excluding hydrogens is 252 g/mol. The molecule has 0 bridgehead atoms. The van der Waals surface area contributed by atoms with Gasteiger partial charge in [0.2, 0.25) is 0 Å². The fraction of sp³-hybridized carbons (Fsp3) is 0.0667. The monoisotopic (exact) mass is 266 g/mol. The predicted molar refractivity (Wildman–Crippen MR) is 78.1 cm³/mol. The van der Waals surface area contributed by atoms with Crippen LogP contribution in [-0.4, -0.2) is 15.9 Å². The molecule has 3 rings (SSSR count). The number of nitrogens with two attached hydrogens (primary N) is 1. The van der Waals surface area contributed by atoms with Crippen molar-refractivity contribution in [3.8, 4) is 0 Å². The van der Waals surface area contributed by atoms with Gasteiger partial charge in [-0.2, -0.15) is 0 Å².